The first-order valence-electron chi connectivity index (χ1n) is 6.88. The van der Waals surface area contributed by atoms with Crippen LogP contribution in [0.15, 0.2) is 18.2 Å². The van der Waals surface area contributed by atoms with Gasteiger partial charge >= 0.3 is 19.4 Å². The molecule has 1 aliphatic heterocycles. The van der Waals surface area contributed by atoms with Crippen LogP contribution in [-0.2, 0) is 15.5 Å². The zero-order chi connectivity index (χ0) is 17.6. The number of alkyl halides is 3. The monoisotopic (exact) mass is 331 g/mol. The number of nitrogens with two attached hydrogens (primary N) is 1. The van der Waals surface area contributed by atoms with Crippen LogP contribution in [0.2, 0.25) is 0 Å². The minimum absolute atomic E-state index is 0.269. The normalized spacial score (nSPS) is 19.7. The van der Waals surface area contributed by atoms with Crippen molar-refractivity contribution in [3.63, 3.8) is 0 Å². The lowest BCUT2D eigenvalue weighted by Gasteiger charge is -2.32. The highest BCUT2D eigenvalue weighted by Gasteiger charge is 2.54. The van der Waals surface area contributed by atoms with Gasteiger partial charge in [-0.1, -0.05) is 12.1 Å². The molecule has 2 rings (SSSR count). The summed E-state index contributed by atoms with van der Waals surface area (Å²) in [7, 11) is -1.24. The van der Waals surface area contributed by atoms with E-state index in [4.69, 9.17) is 15.0 Å². The van der Waals surface area contributed by atoms with E-state index in [9.17, 15) is 18.0 Å². The van der Waals surface area contributed by atoms with Crippen molar-refractivity contribution in [3.8, 4) is 5.75 Å². The zero-order valence-electron chi connectivity index (χ0n) is 13.2. The third kappa shape index (κ3) is 3.30. The van der Waals surface area contributed by atoms with Crippen LogP contribution in [-0.4, -0.2) is 24.4 Å². The highest BCUT2D eigenvalue weighted by molar-refractivity contribution is 6.62. The average molecular weight is 331 g/mol. The lowest BCUT2D eigenvalue weighted by Crippen LogP contribution is -2.41. The maximum Gasteiger partial charge on any atom is 0.495 e. The van der Waals surface area contributed by atoms with Crippen molar-refractivity contribution in [1.29, 1.82) is 0 Å². The first-order valence-corrected chi connectivity index (χ1v) is 6.88. The topological polar surface area (TPSA) is 70.8 Å². The molecule has 0 spiro atoms. The quantitative estimate of drug-likeness (QED) is 0.845. The number of carbonyl (C=O) groups is 1. The van der Waals surface area contributed by atoms with E-state index in [-0.39, 0.29) is 5.46 Å². The zero-order valence-corrected chi connectivity index (χ0v) is 13.2. The Morgan fingerprint density at radius 1 is 1.17 bits per heavy atom. The predicted molar refractivity (Wildman–Crippen MR) is 77.4 cm³/mol. The van der Waals surface area contributed by atoms with Gasteiger partial charge in [0.05, 0.1) is 16.8 Å². The van der Waals surface area contributed by atoms with Gasteiger partial charge < -0.3 is 19.8 Å². The summed E-state index contributed by atoms with van der Waals surface area (Å²) in [6.07, 6.45) is -6.10. The molecule has 0 saturated carbocycles. The SMILES string of the molecule is CC1(C)OB(c2cccc(OC(N)=O)c2C(F)(F)F)OC1(C)C. The number of rotatable bonds is 2. The van der Waals surface area contributed by atoms with Crippen LogP contribution in [0.25, 0.3) is 0 Å². The number of hydrogen-bond acceptors (Lipinski definition) is 4. The van der Waals surface area contributed by atoms with E-state index in [1.165, 1.54) is 12.1 Å². The first-order chi connectivity index (χ1) is 10.3. The molecule has 5 nitrogen and oxygen atoms in total. The molecular weight excluding hydrogens is 314 g/mol. The summed E-state index contributed by atoms with van der Waals surface area (Å²) in [6, 6.07) is 3.55. The Morgan fingerprint density at radius 2 is 1.70 bits per heavy atom. The number of halogens is 3. The van der Waals surface area contributed by atoms with E-state index in [0.717, 1.165) is 6.07 Å². The fraction of sp³-hybridized carbons (Fsp3) is 0.500. The van der Waals surface area contributed by atoms with Gasteiger partial charge in [-0.25, -0.2) is 4.79 Å². The Labute approximate surface area is 132 Å². The van der Waals surface area contributed by atoms with E-state index in [1.807, 2.05) is 0 Å². The van der Waals surface area contributed by atoms with E-state index < -0.39 is 41.9 Å². The van der Waals surface area contributed by atoms with Crippen LogP contribution >= 0.6 is 0 Å². The summed E-state index contributed by atoms with van der Waals surface area (Å²) in [5.41, 5.74) is 1.82. The van der Waals surface area contributed by atoms with E-state index >= 15 is 0 Å². The van der Waals surface area contributed by atoms with Crippen molar-refractivity contribution < 1.29 is 32.0 Å². The lowest BCUT2D eigenvalue weighted by atomic mass is 9.75. The minimum Gasteiger partial charge on any atom is -0.410 e. The van der Waals surface area contributed by atoms with Crippen LogP contribution in [0, 0.1) is 0 Å². The molecule has 1 heterocycles. The van der Waals surface area contributed by atoms with Crippen LogP contribution < -0.4 is 15.9 Å². The predicted octanol–water partition coefficient (Wildman–Crippen LogP) is 2.46. The standard InChI is InChI=1S/C14H17BF3NO4/c1-12(2)13(3,4)23-15(22-12)8-6-5-7-9(21-11(19)20)10(8)14(16,17)18/h5-7H,1-4H3,(H2,19,20). The summed E-state index contributed by atoms with van der Waals surface area (Å²) in [6.45, 7) is 6.90. The van der Waals surface area contributed by atoms with Gasteiger partial charge in [0.2, 0.25) is 0 Å². The maximum atomic E-state index is 13.5. The molecule has 1 aliphatic rings. The number of benzene rings is 1. The molecule has 2 N–H and O–H groups in total. The molecule has 0 unspecified atom stereocenters. The van der Waals surface area contributed by atoms with Crippen LogP contribution in [0.4, 0.5) is 18.0 Å². The smallest absolute Gasteiger partial charge is 0.410 e. The van der Waals surface area contributed by atoms with E-state index in [0.29, 0.717) is 0 Å². The average Bonchev–Trinajstić information content (AvgIpc) is 2.56. The minimum atomic E-state index is -4.77. The summed E-state index contributed by atoms with van der Waals surface area (Å²) in [5, 5.41) is 0. The summed E-state index contributed by atoms with van der Waals surface area (Å²) in [4.78, 5) is 10.9. The van der Waals surface area contributed by atoms with Crippen molar-refractivity contribution in [2.75, 3.05) is 0 Å². The highest BCUT2D eigenvalue weighted by Crippen LogP contribution is 2.40. The number of carbonyl (C=O) groups excluding carboxylic acids is 1. The summed E-state index contributed by atoms with van der Waals surface area (Å²) < 4.78 is 56.2. The Morgan fingerprint density at radius 3 is 2.13 bits per heavy atom. The number of ether oxygens (including phenoxy) is 1. The van der Waals surface area contributed by atoms with Crippen molar-refractivity contribution in [2.45, 2.75) is 45.1 Å². The Hall–Kier alpha value is -1.74. The van der Waals surface area contributed by atoms with Crippen LogP contribution in [0.3, 0.4) is 0 Å². The second-order valence-corrected chi connectivity index (χ2v) is 6.23. The molecule has 1 aromatic carbocycles. The van der Waals surface area contributed by atoms with Crippen LogP contribution in [0.5, 0.6) is 5.75 Å². The molecular formula is C14H17BF3NO4. The fourth-order valence-electron chi connectivity index (χ4n) is 2.21. The molecule has 0 radical (unpaired) electrons. The summed E-state index contributed by atoms with van der Waals surface area (Å²) in [5.74, 6) is -0.683. The van der Waals surface area contributed by atoms with Gasteiger partial charge in [-0.05, 0) is 39.2 Å². The number of amides is 1. The number of hydrogen-bond donors (Lipinski definition) is 1. The van der Waals surface area contributed by atoms with Gasteiger partial charge in [-0.2, -0.15) is 13.2 Å². The first kappa shape index (κ1) is 17.6. The molecule has 1 fully saturated rings. The van der Waals surface area contributed by atoms with E-state index in [2.05, 4.69) is 4.74 Å². The molecule has 0 atom stereocenters. The molecule has 1 saturated heterocycles. The third-order valence-electron chi connectivity index (χ3n) is 4.06. The second-order valence-electron chi connectivity index (χ2n) is 6.23. The molecule has 0 aromatic heterocycles. The van der Waals surface area contributed by atoms with Crippen molar-refractivity contribution >= 4 is 18.7 Å². The van der Waals surface area contributed by atoms with Gasteiger partial charge in [0.25, 0.3) is 0 Å². The molecule has 1 amide bonds. The largest absolute Gasteiger partial charge is 0.495 e. The molecule has 0 aliphatic carbocycles. The van der Waals surface area contributed by atoms with Gasteiger partial charge in [-0.3, -0.25) is 0 Å². The Kier molecular flexibility index (Phi) is 4.15. The van der Waals surface area contributed by atoms with Gasteiger partial charge in [-0.15, -0.1) is 0 Å². The van der Waals surface area contributed by atoms with Gasteiger partial charge in [0.15, 0.2) is 0 Å². The summed E-state index contributed by atoms with van der Waals surface area (Å²) >= 11 is 0. The number of primary amides is 1. The van der Waals surface area contributed by atoms with Gasteiger partial charge in [0, 0.05) is 0 Å². The van der Waals surface area contributed by atoms with Crippen molar-refractivity contribution in [2.24, 2.45) is 5.73 Å². The van der Waals surface area contributed by atoms with Crippen molar-refractivity contribution in [3.05, 3.63) is 23.8 Å². The van der Waals surface area contributed by atoms with Crippen molar-refractivity contribution in [1.82, 2.24) is 0 Å². The molecule has 1 aromatic rings. The lowest BCUT2D eigenvalue weighted by molar-refractivity contribution is -0.137. The highest BCUT2D eigenvalue weighted by atomic mass is 19.4. The molecule has 9 heteroatoms. The molecule has 23 heavy (non-hydrogen) atoms. The van der Waals surface area contributed by atoms with Gasteiger partial charge in [0.1, 0.15) is 5.75 Å². The third-order valence-corrected chi connectivity index (χ3v) is 4.06. The maximum absolute atomic E-state index is 13.5. The molecule has 126 valence electrons. The Bertz CT molecular complexity index is 615. The van der Waals surface area contributed by atoms with Crippen LogP contribution in [0.1, 0.15) is 33.3 Å². The Balaban J connectivity index is 2.54. The fourth-order valence-corrected chi connectivity index (χ4v) is 2.21. The second kappa shape index (κ2) is 5.42. The molecule has 0 bridgehead atoms. The van der Waals surface area contributed by atoms with E-state index in [1.54, 1.807) is 27.7 Å².